The van der Waals surface area contributed by atoms with Gasteiger partial charge in [0, 0.05) is 11.5 Å². The fraction of sp³-hybridized carbons (Fsp3) is 0.529. The van der Waals surface area contributed by atoms with Crippen LogP contribution >= 0.6 is 0 Å². The number of rotatable bonds is 6. The van der Waals surface area contributed by atoms with Crippen LogP contribution < -0.4 is 19.6 Å². The zero-order valence-corrected chi connectivity index (χ0v) is 13.9. The number of carbonyl (C=O) groups is 1. The van der Waals surface area contributed by atoms with Gasteiger partial charge < -0.3 is 14.2 Å². The van der Waals surface area contributed by atoms with Gasteiger partial charge in [0.15, 0.2) is 11.5 Å². The summed E-state index contributed by atoms with van der Waals surface area (Å²) in [7, 11) is 4.66. The van der Waals surface area contributed by atoms with Crippen molar-refractivity contribution in [2.24, 2.45) is 11.0 Å². The average molecular weight is 320 g/mol. The lowest BCUT2D eigenvalue weighted by molar-refractivity contribution is -0.125. The van der Waals surface area contributed by atoms with Crippen molar-refractivity contribution in [1.82, 2.24) is 5.43 Å². The Bertz CT molecular complexity index is 566. The summed E-state index contributed by atoms with van der Waals surface area (Å²) in [6.45, 7) is 0. The van der Waals surface area contributed by atoms with Gasteiger partial charge in [-0.05, 0) is 25.0 Å². The van der Waals surface area contributed by atoms with E-state index in [-0.39, 0.29) is 11.8 Å². The van der Waals surface area contributed by atoms with Crippen molar-refractivity contribution in [3.05, 3.63) is 17.7 Å². The number of hydrazone groups is 1. The summed E-state index contributed by atoms with van der Waals surface area (Å²) in [5.74, 6) is 1.65. The quantitative estimate of drug-likeness (QED) is 0.646. The Morgan fingerprint density at radius 2 is 1.78 bits per heavy atom. The van der Waals surface area contributed by atoms with Crippen molar-refractivity contribution in [1.29, 1.82) is 0 Å². The topological polar surface area (TPSA) is 69.2 Å². The van der Waals surface area contributed by atoms with Gasteiger partial charge in [0.2, 0.25) is 11.7 Å². The maximum Gasteiger partial charge on any atom is 0.243 e. The van der Waals surface area contributed by atoms with Gasteiger partial charge in [0.05, 0.1) is 27.5 Å². The number of hydrogen-bond acceptors (Lipinski definition) is 5. The molecule has 1 aliphatic rings. The minimum atomic E-state index is -0.0135. The van der Waals surface area contributed by atoms with Crippen LogP contribution in [0.4, 0.5) is 0 Å². The van der Waals surface area contributed by atoms with Gasteiger partial charge in [-0.3, -0.25) is 4.79 Å². The lowest BCUT2D eigenvalue weighted by Gasteiger charge is -2.19. The number of nitrogens with one attached hydrogen (secondary N) is 1. The third-order valence-electron chi connectivity index (χ3n) is 4.09. The molecule has 0 saturated heterocycles. The average Bonchev–Trinajstić information content (AvgIpc) is 2.61. The largest absolute Gasteiger partial charge is 0.493 e. The molecule has 0 atom stereocenters. The first-order valence-electron chi connectivity index (χ1n) is 7.83. The molecule has 0 bridgehead atoms. The highest BCUT2D eigenvalue weighted by Gasteiger charge is 2.20. The van der Waals surface area contributed by atoms with E-state index in [4.69, 9.17) is 14.2 Å². The fourth-order valence-electron chi connectivity index (χ4n) is 2.85. The zero-order chi connectivity index (χ0) is 16.7. The Labute approximate surface area is 136 Å². The molecule has 6 heteroatoms. The van der Waals surface area contributed by atoms with Crippen LogP contribution in [0.25, 0.3) is 0 Å². The zero-order valence-electron chi connectivity index (χ0n) is 13.9. The van der Waals surface area contributed by atoms with E-state index in [9.17, 15) is 4.79 Å². The van der Waals surface area contributed by atoms with E-state index in [0.29, 0.717) is 22.8 Å². The molecule has 23 heavy (non-hydrogen) atoms. The molecule has 0 aliphatic heterocycles. The Balaban J connectivity index is 2.08. The summed E-state index contributed by atoms with van der Waals surface area (Å²) >= 11 is 0. The molecular weight excluding hydrogens is 296 g/mol. The Hall–Kier alpha value is -2.24. The summed E-state index contributed by atoms with van der Waals surface area (Å²) in [5.41, 5.74) is 3.32. The van der Waals surface area contributed by atoms with Crippen molar-refractivity contribution in [2.45, 2.75) is 32.1 Å². The second kappa shape index (κ2) is 8.41. The van der Waals surface area contributed by atoms with E-state index in [1.165, 1.54) is 6.42 Å². The number of methoxy groups -OCH3 is 3. The molecule has 0 unspecified atom stereocenters. The molecule has 0 radical (unpaired) electrons. The molecule has 6 nitrogen and oxygen atoms in total. The minimum Gasteiger partial charge on any atom is -0.493 e. The van der Waals surface area contributed by atoms with Crippen LogP contribution in [0.3, 0.4) is 0 Å². The first-order chi connectivity index (χ1) is 11.2. The number of benzene rings is 1. The first-order valence-corrected chi connectivity index (χ1v) is 7.83. The third-order valence-corrected chi connectivity index (χ3v) is 4.09. The SMILES string of the molecule is COc1ccc(C=NNC(=O)C2CCCCC2)c(OC)c1OC. The van der Waals surface area contributed by atoms with E-state index in [0.717, 1.165) is 25.7 Å². The van der Waals surface area contributed by atoms with Gasteiger partial charge in [-0.2, -0.15) is 5.10 Å². The molecule has 2 rings (SSSR count). The van der Waals surface area contributed by atoms with E-state index < -0.39 is 0 Å². The lowest BCUT2D eigenvalue weighted by Crippen LogP contribution is -2.28. The summed E-state index contributed by atoms with van der Waals surface area (Å²) in [6, 6.07) is 3.57. The number of ether oxygens (including phenoxy) is 3. The number of amides is 1. The van der Waals surface area contributed by atoms with Crippen molar-refractivity contribution in [3.8, 4) is 17.2 Å². The smallest absolute Gasteiger partial charge is 0.243 e. The van der Waals surface area contributed by atoms with Crippen LogP contribution in [0.2, 0.25) is 0 Å². The molecule has 1 aliphatic carbocycles. The maximum absolute atomic E-state index is 12.1. The van der Waals surface area contributed by atoms with Crippen molar-refractivity contribution < 1.29 is 19.0 Å². The molecule has 1 saturated carbocycles. The second-order valence-electron chi connectivity index (χ2n) is 5.49. The number of nitrogens with zero attached hydrogens (tertiary/aromatic N) is 1. The molecule has 0 aromatic heterocycles. The highest BCUT2D eigenvalue weighted by molar-refractivity contribution is 5.87. The number of hydrogen-bond donors (Lipinski definition) is 1. The summed E-state index contributed by atoms with van der Waals surface area (Å²) in [4.78, 5) is 12.1. The normalized spacial score (nSPS) is 15.4. The van der Waals surface area contributed by atoms with Crippen LogP contribution in [0.15, 0.2) is 17.2 Å². The van der Waals surface area contributed by atoms with Crippen LogP contribution in [-0.2, 0) is 4.79 Å². The fourth-order valence-corrected chi connectivity index (χ4v) is 2.85. The molecule has 0 heterocycles. The van der Waals surface area contributed by atoms with E-state index in [2.05, 4.69) is 10.5 Å². The van der Waals surface area contributed by atoms with Gasteiger partial charge in [0.1, 0.15) is 0 Å². The van der Waals surface area contributed by atoms with E-state index >= 15 is 0 Å². The molecule has 1 amide bonds. The molecule has 1 aromatic carbocycles. The Kier molecular flexibility index (Phi) is 6.26. The molecule has 126 valence electrons. The van der Waals surface area contributed by atoms with Crippen LogP contribution in [0.1, 0.15) is 37.7 Å². The molecule has 1 aromatic rings. The predicted molar refractivity (Wildman–Crippen MR) is 88.4 cm³/mol. The van der Waals surface area contributed by atoms with Gasteiger partial charge in [0.25, 0.3) is 0 Å². The van der Waals surface area contributed by atoms with Crippen LogP contribution in [0, 0.1) is 5.92 Å². The molecular formula is C17H24N2O4. The monoisotopic (exact) mass is 320 g/mol. The molecule has 1 N–H and O–H groups in total. The van der Waals surface area contributed by atoms with Gasteiger partial charge >= 0.3 is 0 Å². The summed E-state index contributed by atoms with van der Waals surface area (Å²) in [5, 5.41) is 4.06. The van der Waals surface area contributed by atoms with Crippen molar-refractivity contribution in [2.75, 3.05) is 21.3 Å². The first kappa shape index (κ1) is 17.1. The number of carbonyl (C=O) groups excluding carboxylic acids is 1. The van der Waals surface area contributed by atoms with Gasteiger partial charge in [-0.1, -0.05) is 19.3 Å². The summed E-state index contributed by atoms with van der Waals surface area (Å²) < 4.78 is 15.9. The van der Waals surface area contributed by atoms with Gasteiger partial charge in [-0.15, -0.1) is 0 Å². The van der Waals surface area contributed by atoms with Gasteiger partial charge in [-0.25, -0.2) is 5.43 Å². The maximum atomic E-state index is 12.1. The molecule has 0 spiro atoms. The lowest BCUT2D eigenvalue weighted by atomic mass is 9.89. The second-order valence-corrected chi connectivity index (χ2v) is 5.49. The predicted octanol–water partition coefficient (Wildman–Crippen LogP) is 2.74. The van der Waals surface area contributed by atoms with Crippen LogP contribution in [-0.4, -0.2) is 33.5 Å². The van der Waals surface area contributed by atoms with Crippen molar-refractivity contribution in [3.63, 3.8) is 0 Å². The highest BCUT2D eigenvalue weighted by Crippen LogP contribution is 2.38. The minimum absolute atomic E-state index is 0.0135. The third kappa shape index (κ3) is 4.15. The highest BCUT2D eigenvalue weighted by atomic mass is 16.5. The Morgan fingerprint density at radius 3 is 2.39 bits per heavy atom. The van der Waals surface area contributed by atoms with E-state index in [1.807, 2.05) is 0 Å². The van der Waals surface area contributed by atoms with Crippen molar-refractivity contribution >= 4 is 12.1 Å². The summed E-state index contributed by atoms with van der Waals surface area (Å²) in [6.07, 6.45) is 6.90. The van der Waals surface area contributed by atoms with Crippen LogP contribution in [0.5, 0.6) is 17.2 Å². The van der Waals surface area contributed by atoms with E-state index in [1.54, 1.807) is 39.7 Å². The standard InChI is InChI=1S/C17H24N2O4/c1-21-14-10-9-13(15(22-2)16(14)23-3)11-18-19-17(20)12-7-5-4-6-8-12/h9-12H,4-8H2,1-3H3,(H,19,20). The Morgan fingerprint density at radius 1 is 1.09 bits per heavy atom. The molecule has 1 fully saturated rings.